The zero-order valence-electron chi connectivity index (χ0n) is 16.9. The van der Waals surface area contributed by atoms with Gasteiger partial charge in [-0.3, -0.25) is 5.32 Å². The van der Waals surface area contributed by atoms with Gasteiger partial charge in [-0.15, -0.1) is 11.3 Å². The van der Waals surface area contributed by atoms with Crippen molar-refractivity contribution in [2.24, 2.45) is 0 Å². The van der Waals surface area contributed by atoms with Gasteiger partial charge in [-0.25, -0.2) is 9.59 Å². The minimum Gasteiger partial charge on any atom is -0.477 e. The molecule has 1 heterocycles. The molecule has 0 fully saturated rings. The lowest BCUT2D eigenvalue weighted by molar-refractivity contribution is 0.0703. The highest BCUT2D eigenvalue weighted by molar-refractivity contribution is 7.13. The Balaban J connectivity index is 1.38. The smallest absolute Gasteiger partial charge is 0.411 e. The van der Waals surface area contributed by atoms with Crippen LogP contribution in [0.4, 0.5) is 10.5 Å². The van der Waals surface area contributed by atoms with E-state index in [1.165, 1.54) is 0 Å². The zero-order valence-corrected chi connectivity index (χ0v) is 17.8. The number of amides is 1. The van der Waals surface area contributed by atoms with Gasteiger partial charge in [0.05, 0.1) is 5.69 Å². The Morgan fingerprint density at radius 2 is 1.44 bits per heavy atom. The van der Waals surface area contributed by atoms with Gasteiger partial charge in [0.2, 0.25) is 0 Å². The number of fused-ring (bicyclic) bond motifs is 3. The number of carbonyl (C=O) groups is 2. The molecule has 1 aromatic heterocycles. The first-order valence-electron chi connectivity index (χ1n) is 10.2. The van der Waals surface area contributed by atoms with Crippen LogP contribution in [0.1, 0.15) is 26.7 Å². The summed E-state index contributed by atoms with van der Waals surface area (Å²) in [5.74, 6) is -1.16. The number of rotatable bonds is 5. The first kappa shape index (κ1) is 20.0. The Kier molecular flexibility index (Phi) is 5.21. The van der Waals surface area contributed by atoms with E-state index < -0.39 is 12.1 Å². The fourth-order valence-electron chi connectivity index (χ4n) is 4.21. The van der Waals surface area contributed by atoms with E-state index in [9.17, 15) is 14.7 Å². The fraction of sp³-hybridized carbons (Fsp3) is 0.0769. The molecule has 0 atom stereocenters. The third kappa shape index (κ3) is 3.55. The van der Waals surface area contributed by atoms with Gasteiger partial charge >= 0.3 is 12.1 Å². The van der Waals surface area contributed by atoms with Crippen LogP contribution in [-0.4, -0.2) is 23.8 Å². The van der Waals surface area contributed by atoms with E-state index in [2.05, 4.69) is 29.6 Å². The van der Waals surface area contributed by atoms with Crippen molar-refractivity contribution in [2.45, 2.75) is 5.92 Å². The lowest BCUT2D eigenvalue weighted by atomic mass is 9.98. The number of carbonyl (C=O) groups excluding carboxylic acids is 1. The van der Waals surface area contributed by atoms with Crippen LogP contribution in [0.25, 0.3) is 22.3 Å². The molecule has 1 aliphatic carbocycles. The number of benzene rings is 3. The molecule has 0 aliphatic heterocycles. The highest BCUT2D eigenvalue weighted by atomic mass is 32.1. The molecule has 1 aliphatic rings. The van der Waals surface area contributed by atoms with Gasteiger partial charge in [0.15, 0.2) is 0 Å². The van der Waals surface area contributed by atoms with Crippen molar-refractivity contribution < 1.29 is 19.4 Å². The summed E-state index contributed by atoms with van der Waals surface area (Å²) in [7, 11) is 0. The molecule has 0 radical (unpaired) electrons. The van der Waals surface area contributed by atoms with E-state index >= 15 is 0 Å². The molecular weight excluding hydrogens is 422 g/mol. The quantitative estimate of drug-likeness (QED) is 0.372. The molecule has 3 aromatic carbocycles. The van der Waals surface area contributed by atoms with Crippen molar-refractivity contribution >= 4 is 29.1 Å². The van der Waals surface area contributed by atoms with Crippen molar-refractivity contribution in [1.29, 1.82) is 0 Å². The first-order chi connectivity index (χ1) is 15.6. The molecule has 2 N–H and O–H groups in total. The van der Waals surface area contributed by atoms with Crippen molar-refractivity contribution in [3.05, 3.63) is 100 Å². The molecule has 0 saturated carbocycles. The van der Waals surface area contributed by atoms with Crippen molar-refractivity contribution in [3.8, 4) is 22.3 Å². The second-order valence-electron chi connectivity index (χ2n) is 7.48. The van der Waals surface area contributed by atoms with E-state index in [0.717, 1.165) is 39.2 Å². The molecule has 0 spiro atoms. The topological polar surface area (TPSA) is 75.6 Å². The molecule has 5 nitrogen and oxygen atoms in total. The molecule has 5 rings (SSSR count). The van der Waals surface area contributed by atoms with E-state index in [1.54, 1.807) is 5.38 Å². The van der Waals surface area contributed by atoms with E-state index in [-0.39, 0.29) is 23.1 Å². The van der Waals surface area contributed by atoms with Gasteiger partial charge in [-0.2, -0.15) is 0 Å². The largest absolute Gasteiger partial charge is 0.477 e. The number of thiophene rings is 1. The highest BCUT2D eigenvalue weighted by Gasteiger charge is 2.29. The van der Waals surface area contributed by atoms with E-state index in [0.29, 0.717) is 5.56 Å². The maximum atomic E-state index is 12.7. The molecule has 6 heteroatoms. The van der Waals surface area contributed by atoms with Crippen LogP contribution >= 0.6 is 11.3 Å². The number of hydrogen-bond donors (Lipinski definition) is 2. The minimum absolute atomic E-state index is 0.0665. The second-order valence-corrected chi connectivity index (χ2v) is 8.35. The lowest BCUT2D eigenvalue weighted by Crippen LogP contribution is -2.19. The van der Waals surface area contributed by atoms with Crippen LogP contribution in [0.3, 0.4) is 0 Å². The molecule has 0 bridgehead atoms. The summed E-state index contributed by atoms with van der Waals surface area (Å²) in [6.45, 7) is 0.160. The number of hydrogen-bond acceptors (Lipinski definition) is 4. The Bertz CT molecular complexity index is 1270. The Morgan fingerprint density at radius 3 is 2.06 bits per heavy atom. The molecule has 4 aromatic rings. The monoisotopic (exact) mass is 441 g/mol. The standard InChI is InChI=1S/C26H19NO4S/c28-25(29)24-23(22(15-32-24)16-8-2-1-3-9-16)27-26(30)31-14-21-19-12-6-4-10-17(19)18-11-5-7-13-20(18)21/h1-13,15,21H,14H2,(H,27,30)(H,28,29). The maximum Gasteiger partial charge on any atom is 0.411 e. The molecular formula is C26H19NO4S. The summed E-state index contributed by atoms with van der Waals surface area (Å²) in [6, 6.07) is 25.6. The fourth-order valence-corrected chi connectivity index (χ4v) is 5.08. The van der Waals surface area contributed by atoms with Crippen molar-refractivity contribution in [3.63, 3.8) is 0 Å². The predicted octanol–water partition coefficient (Wildman–Crippen LogP) is 6.47. The van der Waals surface area contributed by atoms with Gasteiger partial charge < -0.3 is 9.84 Å². The van der Waals surface area contributed by atoms with Crippen molar-refractivity contribution in [1.82, 2.24) is 0 Å². The summed E-state index contributed by atoms with van der Waals surface area (Å²) in [5.41, 5.74) is 6.27. The van der Waals surface area contributed by atoms with Gasteiger partial charge in [-0.05, 0) is 27.8 Å². The Morgan fingerprint density at radius 1 is 0.844 bits per heavy atom. The molecule has 32 heavy (non-hydrogen) atoms. The Hall–Kier alpha value is -3.90. The molecule has 0 unspecified atom stereocenters. The maximum absolute atomic E-state index is 12.7. The lowest BCUT2D eigenvalue weighted by Gasteiger charge is -2.15. The number of ether oxygens (including phenoxy) is 1. The zero-order chi connectivity index (χ0) is 22.1. The van der Waals surface area contributed by atoms with E-state index in [4.69, 9.17) is 4.74 Å². The van der Waals surface area contributed by atoms with E-state index in [1.807, 2.05) is 54.6 Å². The predicted molar refractivity (Wildman–Crippen MR) is 125 cm³/mol. The second kappa shape index (κ2) is 8.32. The van der Waals surface area contributed by atoms with Crippen LogP contribution in [0, 0.1) is 0 Å². The van der Waals surface area contributed by atoms with Crippen LogP contribution in [0.15, 0.2) is 84.2 Å². The van der Waals surface area contributed by atoms with Crippen molar-refractivity contribution in [2.75, 3.05) is 11.9 Å². The van der Waals surface area contributed by atoms with Gasteiger partial charge in [0, 0.05) is 16.9 Å². The average Bonchev–Trinajstić information content (AvgIpc) is 3.38. The van der Waals surface area contributed by atoms with Crippen LogP contribution in [0.2, 0.25) is 0 Å². The summed E-state index contributed by atoms with van der Waals surface area (Å²) < 4.78 is 5.60. The molecule has 0 saturated heterocycles. The summed E-state index contributed by atoms with van der Waals surface area (Å²) >= 11 is 1.08. The Labute approximate surface area is 188 Å². The number of nitrogens with one attached hydrogen (secondary N) is 1. The van der Waals surface area contributed by atoms with Crippen LogP contribution in [0.5, 0.6) is 0 Å². The number of carboxylic acids is 1. The number of anilines is 1. The first-order valence-corrected chi connectivity index (χ1v) is 11.0. The minimum atomic E-state index is -1.09. The summed E-state index contributed by atoms with van der Waals surface area (Å²) in [6.07, 6.45) is -0.676. The third-order valence-electron chi connectivity index (χ3n) is 5.64. The van der Waals surface area contributed by atoms with Gasteiger partial charge in [0.25, 0.3) is 0 Å². The van der Waals surface area contributed by atoms with Crippen LogP contribution < -0.4 is 5.32 Å². The summed E-state index contributed by atoms with van der Waals surface area (Å²) in [5, 5.41) is 14.0. The SMILES string of the molecule is O=C(Nc1c(-c2ccccc2)csc1C(=O)O)OCC1c2ccccc2-c2ccccc21. The normalized spacial score (nSPS) is 12.1. The van der Waals surface area contributed by atoms with Gasteiger partial charge in [0.1, 0.15) is 11.5 Å². The number of aromatic carboxylic acids is 1. The van der Waals surface area contributed by atoms with Crippen LogP contribution in [-0.2, 0) is 4.74 Å². The molecule has 158 valence electrons. The third-order valence-corrected chi connectivity index (χ3v) is 6.61. The summed E-state index contributed by atoms with van der Waals surface area (Å²) in [4.78, 5) is 24.5. The molecule has 1 amide bonds. The number of carboxylic acid groups (broad SMARTS) is 1. The average molecular weight is 442 g/mol. The highest BCUT2D eigenvalue weighted by Crippen LogP contribution is 2.44. The van der Waals surface area contributed by atoms with Gasteiger partial charge in [-0.1, -0.05) is 78.9 Å².